The average molecular weight is 567 g/mol. The van der Waals surface area contributed by atoms with Gasteiger partial charge in [0.05, 0.1) is 0 Å². The summed E-state index contributed by atoms with van der Waals surface area (Å²) in [5, 5.41) is 0. The van der Waals surface area contributed by atoms with Gasteiger partial charge in [0.25, 0.3) is 0 Å². The molecule has 0 aromatic rings. The van der Waals surface area contributed by atoms with Gasteiger partial charge in [0, 0.05) is 0 Å². The SMILES string of the molecule is CCCCN(CCCC)CCCC.CCCCN(CCCC)CCCC.O=P(O)(O)O.O=P(O)(O)O. The van der Waals surface area contributed by atoms with E-state index in [9.17, 15) is 0 Å². The van der Waals surface area contributed by atoms with Crippen molar-refractivity contribution < 1.29 is 38.5 Å². The van der Waals surface area contributed by atoms with Crippen molar-refractivity contribution in [3.63, 3.8) is 0 Å². The summed E-state index contributed by atoms with van der Waals surface area (Å²) in [5.41, 5.74) is 0. The third-order valence-corrected chi connectivity index (χ3v) is 4.97. The van der Waals surface area contributed by atoms with Gasteiger partial charge in [0.1, 0.15) is 0 Å². The molecule has 0 saturated carbocycles. The molecule has 0 bridgehead atoms. The van der Waals surface area contributed by atoms with Gasteiger partial charge in [-0.3, -0.25) is 0 Å². The molecule has 0 fully saturated rings. The summed E-state index contributed by atoms with van der Waals surface area (Å²) in [7, 11) is -9.28. The second-order valence-corrected chi connectivity index (χ2v) is 10.9. The first-order valence-electron chi connectivity index (χ1n) is 13.7. The van der Waals surface area contributed by atoms with Crippen LogP contribution in [0.4, 0.5) is 0 Å². The molecule has 0 aliphatic rings. The minimum Gasteiger partial charge on any atom is -0.303 e. The number of nitrogens with zero attached hydrogens (tertiary/aromatic N) is 2. The topological polar surface area (TPSA) is 162 Å². The van der Waals surface area contributed by atoms with Gasteiger partial charge in [-0.05, 0) is 77.8 Å². The Bertz CT molecular complexity index is 406. The van der Waals surface area contributed by atoms with Gasteiger partial charge in [-0.1, -0.05) is 80.1 Å². The second kappa shape index (κ2) is 31.4. The van der Waals surface area contributed by atoms with Crippen LogP contribution in [0.5, 0.6) is 0 Å². The minimum absolute atomic E-state index is 1.32. The van der Waals surface area contributed by atoms with Crippen molar-refractivity contribution in [2.24, 2.45) is 0 Å². The highest BCUT2D eigenvalue weighted by atomic mass is 31.2. The first-order valence-corrected chi connectivity index (χ1v) is 16.8. The summed E-state index contributed by atoms with van der Waals surface area (Å²) >= 11 is 0. The second-order valence-electron chi connectivity index (χ2n) is 8.83. The Morgan fingerprint density at radius 1 is 0.389 bits per heavy atom. The lowest BCUT2D eigenvalue weighted by Gasteiger charge is -2.21. The van der Waals surface area contributed by atoms with Crippen molar-refractivity contribution in [3.05, 3.63) is 0 Å². The molecule has 0 atom stereocenters. The zero-order valence-electron chi connectivity index (χ0n) is 24.0. The standard InChI is InChI=1S/2C12H27N.2H3O4P/c2*1-4-7-10-13(11-8-5-2)12-9-6-3;2*1-5(2,3)4/h2*4-12H2,1-3H3;2*(H3,1,2,3,4). The van der Waals surface area contributed by atoms with Crippen LogP contribution >= 0.6 is 15.6 Å². The van der Waals surface area contributed by atoms with Gasteiger partial charge < -0.3 is 39.2 Å². The van der Waals surface area contributed by atoms with E-state index in [1.807, 2.05) is 0 Å². The quantitative estimate of drug-likeness (QED) is 0.116. The largest absolute Gasteiger partial charge is 0.466 e. The molecule has 12 heteroatoms. The molecule has 0 spiro atoms. The minimum atomic E-state index is -4.64. The van der Waals surface area contributed by atoms with Crippen LogP contribution in [0.3, 0.4) is 0 Å². The fourth-order valence-electron chi connectivity index (χ4n) is 2.96. The van der Waals surface area contributed by atoms with E-state index in [0.717, 1.165) is 0 Å². The van der Waals surface area contributed by atoms with Gasteiger partial charge in [-0.25, -0.2) is 9.13 Å². The van der Waals surface area contributed by atoms with Crippen LogP contribution in [0.1, 0.15) is 119 Å². The highest BCUT2D eigenvalue weighted by molar-refractivity contribution is 7.45. The van der Waals surface area contributed by atoms with Crippen molar-refractivity contribution in [1.82, 2.24) is 9.80 Å². The van der Waals surface area contributed by atoms with E-state index in [1.165, 1.54) is 116 Å². The van der Waals surface area contributed by atoms with Crippen molar-refractivity contribution in [2.75, 3.05) is 39.3 Å². The van der Waals surface area contributed by atoms with Crippen molar-refractivity contribution in [3.8, 4) is 0 Å². The monoisotopic (exact) mass is 566 g/mol. The van der Waals surface area contributed by atoms with E-state index in [1.54, 1.807) is 0 Å². The molecule has 36 heavy (non-hydrogen) atoms. The fraction of sp³-hybridized carbons (Fsp3) is 1.00. The number of rotatable bonds is 18. The molecule has 10 nitrogen and oxygen atoms in total. The molecule has 0 aromatic heterocycles. The van der Waals surface area contributed by atoms with E-state index >= 15 is 0 Å². The van der Waals surface area contributed by atoms with E-state index < -0.39 is 15.6 Å². The maximum Gasteiger partial charge on any atom is 0.466 e. The lowest BCUT2D eigenvalue weighted by atomic mass is 10.2. The van der Waals surface area contributed by atoms with E-state index in [2.05, 4.69) is 51.3 Å². The maximum atomic E-state index is 8.88. The summed E-state index contributed by atoms with van der Waals surface area (Å²) in [4.78, 5) is 48.4. The molecular formula is C24H60N2O8P2. The van der Waals surface area contributed by atoms with Crippen LogP contribution in [-0.2, 0) is 9.13 Å². The molecule has 0 saturated heterocycles. The van der Waals surface area contributed by atoms with Crippen LogP contribution in [0.2, 0.25) is 0 Å². The Kier molecular flexibility index (Phi) is 37.6. The molecule has 0 aromatic carbocycles. The Morgan fingerprint density at radius 3 is 0.583 bits per heavy atom. The molecule has 0 aliphatic carbocycles. The van der Waals surface area contributed by atoms with Gasteiger partial charge >= 0.3 is 15.6 Å². The number of phosphoric acid groups is 2. The number of hydrogen-bond acceptors (Lipinski definition) is 4. The van der Waals surface area contributed by atoms with Crippen LogP contribution in [0.25, 0.3) is 0 Å². The molecule has 0 aliphatic heterocycles. The highest BCUT2D eigenvalue weighted by Gasteiger charge is 2.03. The number of hydrogen-bond donors (Lipinski definition) is 6. The summed E-state index contributed by atoms with van der Waals surface area (Å²) in [6, 6.07) is 0. The van der Waals surface area contributed by atoms with Crippen LogP contribution in [0.15, 0.2) is 0 Å². The smallest absolute Gasteiger partial charge is 0.303 e. The number of unbranched alkanes of at least 4 members (excludes halogenated alkanes) is 6. The molecule has 0 rings (SSSR count). The van der Waals surface area contributed by atoms with Crippen molar-refractivity contribution >= 4 is 15.6 Å². The van der Waals surface area contributed by atoms with Crippen LogP contribution < -0.4 is 0 Å². The van der Waals surface area contributed by atoms with E-state index in [0.29, 0.717) is 0 Å². The predicted molar refractivity (Wildman–Crippen MR) is 151 cm³/mol. The third kappa shape index (κ3) is 64.3. The summed E-state index contributed by atoms with van der Waals surface area (Å²) in [5.74, 6) is 0. The van der Waals surface area contributed by atoms with Crippen molar-refractivity contribution in [2.45, 2.75) is 119 Å². The summed E-state index contributed by atoms with van der Waals surface area (Å²) < 4.78 is 17.8. The summed E-state index contributed by atoms with van der Waals surface area (Å²) in [6.07, 6.45) is 16.2. The molecular weight excluding hydrogens is 506 g/mol. The van der Waals surface area contributed by atoms with Gasteiger partial charge in [0.15, 0.2) is 0 Å². The van der Waals surface area contributed by atoms with Gasteiger partial charge in [-0.15, -0.1) is 0 Å². The zero-order valence-corrected chi connectivity index (χ0v) is 25.8. The average Bonchev–Trinajstić information content (AvgIpc) is 2.76. The lowest BCUT2D eigenvalue weighted by Crippen LogP contribution is -2.27. The van der Waals surface area contributed by atoms with Gasteiger partial charge in [0.2, 0.25) is 0 Å². The van der Waals surface area contributed by atoms with Crippen LogP contribution in [0, 0.1) is 0 Å². The molecule has 0 amide bonds. The first kappa shape index (κ1) is 43.2. The first-order chi connectivity index (χ1) is 16.7. The Hall–Kier alpha value is 0.140. The molecule has 0 heterocycles. The molecule has 0 unspecified atom stereocenters. The molecule has 224 valence electrons. The fourth-order valence-corrected chi connectivity index (χ4v) is 2.96. The Labute approximate surface area is 222 Å². The summed E-state index contributed by atoms with van der Waals surface area (Å²) in [6.45, 7) is 21.5. The maximum absolute atomic E-state index is 8.88. The highest BCUT2D eigenvalue weighted by Crippen LogP contribution is 2.26. The normalized spacial score (nSPS) is 11.3. The lowest BCUT2D eigenvalue weighted by molar-refractivity contribution is 0.261. The van der Waals surface area contributed by atoms with E-state index in [-0.39, 0.29) is 0 Å². The Balaban J connectivity index is -0.000000208. The van der Waals surface area contributed by atoms with Crippen molar-refractivity contribution in [1.29, 1.82) is 0 Å². The van der Waals surface area contributed by atoms with Gasteiger partial charge in [-0.2, -0.15) is 0 Å². The predicted octanol–water partition coefficient (Wildman–Crippen LogP) is 5.52. The zero-order chi connectivity index (χ0) is 28.9. The third-order valence-electron chi connectivity index (χ3n) is 4.97. The molecule has 0 radical (unpaired) electrons. The van der Waals surface area contributed by atoms with Crippen LogP contribution in [-0.4, -0.2) is 78.4 Å². The van der Waals surface area contributed by atoms with E-state index in [4.69, 9.17) is 38.5 Å². The molecule has 6 N–H and O–H groups in total. The Morgan fingerprint density at radius 2 is 0.500 bits per heavy atom.